The number of unbranched alkanes of at least 4 members (excludes halogenated alkanes) is 3. The molecular weight excluding hydrogens is 322 g/mol. The predicted molar refractivity (Wildman–Crippen MR) is 83.4 cm³/mol. The van der Waals surface area contributed by atoms with Crippen LogP contribution in [0.1, 0.15) is 49.4 Å². The van der Waals surface area contributed by atoms with Crippen molar-refractivity contribution in [2.24, 2.45) is 0 Å². The van der Waals surface area contributed by atoms with Gasteiger partial charge in [0.25, 0.3) is 10.1 Å². The van der Waals surface area contributed by atoms with Crippen LogP contribution in [0, 0.1) is 0 Å². The second-order valence-corrected chi connectivity index (χ2v) is 6.39. The van der Waals surface area contributed by atoms with E-state index in [2.05, 4.69) is 12.4 Å². The Kier molecular flexibility index (Phi) is 7.87. The molecule has 0 heterocycles. The van der Waals surface area contributed by atoms with Gasteiger partial charge in [-0.15, -0.1) is 5.48 Å². The number of carbonyl (C=O) groups is 2. The van der Waals surface area contributed by atoms with Gasteiger partial charge in [0, 0.05) is 12.0 Å². The molecule has 8 heteroatoms. The topological polar surface area (TPSA) is 110 Å². The van der Waals surface area contributed by atoms with Gasteiger partial charge in [0.2, 0.25) is 0 Å². The average molecular weight is 343 g/mol. The summed E-state index contributed by atoms with van der Waals surface area (Å²) in [5, 5.41) is 0. The van der Waals surface area contributed by atoms with Crippen molar-refractivity contribution in [3.8, 4) is 0 Å². The highest BCUT2D eigenvalue weighted by atomic mass is 32.2. The molecule has 1 aromatic rings. The average Bonchev–Trinajstić information content (AvgIpc) is 2.50. The van der Waals surface area contributed by atoms with E-state index < -0.39 is 26.8 Å². The minimum atomic E-state index is -4.49. The van der Waals surface area contributed by atoms with E-state index in [1.165, 1.54) is 18.2 Å². The molecule has 0 saturated carbocycles. The Morgan fingerprint density at radius 1 is 1.17 bits per heavy atom. The highest BCUT2D eigenvalue weighted by Gasteiger charge is 2.19. The van der Waals surface area contributed by atoms with Crippen LogP contribution in [0.15, 0.2) is 29.2 Å². The molecule has 0 saturated heterocycles. The number of rotatable bonds is 10. The lowest BCUT2D eigenvalue weighted by molar-refractivity contribution is -0.150. The highest BCUT2D eigenvalue weighted by molar-refractivity contribution is 7.86. The van der Waals surface area contributed by atoms with E-state index in [0.29, 0.717) is 6.42 Å². The van der Waals surface area contributed by atoms with Gasteiger partial charge in [-0.05, 0) is 18.6 Å². The van der Waals surface area contributed by atoms with E-state index >= 15 is 0 Å². The Labute approximate surface area is 135 Å². The summed E-state index contributed by atoms with van der Waals surface area (Å²) in [6.07, 6.45) is 4.02. The summed E-state index contributed by atoms with van der Waals surface area (Å²) < 4.78 is 31.5. The van der Waals surface area contributed by atoms with Crippen molar-refractivity contribution < 1.29 is 27.4 Å². The van der Waals surface area contributed by atoms with Crippen molar-refractivity contribution in [3.63, 3.8) is 0 Å². The Morgan fingerprint density at radius 3 is 2.52 bits per heavy atom. The third-order valence-electron chi connectivity index (χ3n) is 3.12. The maximum atomic E-state index is 12.0. The summed E-state index contributed by atoms with van der Waals surface area (Å²) in [6.45, 7) is 1.68. The van der Waals surface area contributed by atoms with Crippen molar-refractivity contribution >= 4 is 21.9 Å². The van der Waals surface area contributed by atoms with E-state index in [4.69, 9.17) is 9.39 Å². The van der Waals surface area contributed by atoms with Gasteiger partial charge in [0.05, 0.1) is 6.54 Å². The Hall–Kier alpha value is -1.77. The lowest BCUT2D eigenvalue weighted by Gasteiger charge is -2.07. The minimum absolute atomic E-state index is 0.165. The molecular formula is C15H21NO6S. The van der Waals surface area contributed by atoms with Crippen molar-refractivity contribution in [2.75, 3.05) is 6.54 Å². The first kappa shape index (κ1) is 19.3. The fourth-order valence-electron chi connectivity index (χ4n) is 1.95. The maximum absolute atomic E-state index is 12.0. The zero-order valence-corrected chi connectivity index (χ0v) is 13.8. The van der Waals surface area contributed by atoms with Crippen molar-refractivity contribution in [1.82, 2.24) is 5.48 Å². The van der Waals surface area contributed by atoms with Gasteiger partial charge in [-0.1, -0.05) is 38.3 Å². The number of ketones is 1. The first-order valence-electron chi connectivity index (χ1n) is 7.38. The number of Topliss-reactive ketones (excluding diaryl/α,β-unsaturated/α-hetero) is 1. The molecule has 0 fully saturated rings. The molecule has 23 heavy (non-hydrogen) atoms. The molecule has 1 aromatic carbocycles. The number of carbonyl (C=O) groups excluding carboxylic acids is 2. The van der Waals surface area contributed by atoms with Crippen LogP contribution in [0.25, 0.3) is 0 Å². The normalized spacial score (nSPS) is 11.2. The molecule has 0 atom stereocenters. The van der Waals surface area contributed by atoms with Crippen LogP contribution in [0.5, 0.6) is 0 Å². The predicted octanol–water partition coefficient (Wildman–Crippen LogP) is 2.13. The van der Waals surface area contributed by atoms with Gasteiger partial charge >= 0.3 is 5.97 Å². The quantitative estimate of drug-likeness (QED) is 0.290. The number of nitrogens with one attached hydrogen (secondary N) is 1. The van der Waals surface area contributed by atoms with Crippen LogP contribution in [-0.2, 0) is 19.8 Å². The third-order valence-corrected chi connectivity index (χ3v) is 4.03. The van der Waals surface area contributed by atoms with E-state index in [-0.39, 0.29) is 18.5 Å². The summed E-state index contributed by atoms with van der Waals surface area (Å²) in [5.74, 6) is -1.09. The molecule has 128 valence electrons. The largest absolute Gasteiger partial charge is 0.370 e. The Balaban J connectivity index is 2.48. The molecule has 0 aliphatic carbocycles. The molecule has 0 aliphatic rings. The number of hydrogen-bond acceptors (Lipinski definition) is 6. The highest BCUT2D eigenvalue weighted by Crippen LogP contribution is 2.15. The van der Waals surface area contributed by atoms with Crippen LogP contribution in [0.4, 0.5) is 0 Å². The second-order valence-electron chi connectivity index (χ2n) is 5.00. The smallest absolute Gasteiger partial charge is 0.324 e. The first-order chi connectivity index (χ1) is 10.9. The van der Waals surface area contributed by atoms with Crippen LogP contribution in [-0.4, -0.2) is 31.3 Å². The molecule has 0 unspecified atom stereocenters. The van der Waals surface area contributed by atoms with Crippen LogP contribution < -0.4 is 5.48 Å². The Morgan fingerprint density at radius 2 is 1.87 bits per heavy atom. The summed E-state index contributed by atoms with van der Waals surface area (Å²) in [5.41, 5.74) is 2.06. The molecule has 0 aromatic heterocycles. The SMILES string of the molecule is CCCCCCC(=O)ONCC(=O)c1ccccc1S(=O)(=O)O. The van der Waals surface area contributed by atoms with E-state index in [1.54, 1.807) is 0 Å². The number of hydroxylamine groups is 1. The molecule has 0 spiro atoms. The van der Waals surface area contributed by atoms with Crippen LogP contribution in [0.2, 0.25) is 0 Å². The summed E-state index contributed by atoms with van der Waals surface area (Å²) in [4.78, 5) is 27.6. The fraction of sp³-hybridized carbons (Fsp3) is 0.467. The number of benzene rings is 1. The van der Waals surface area contributed by atoms with Crippen molar-refractivity contribution in [2.45, 2.75) is 43.9 Å². The van der Waals surface area contributed by atoms with E-state index in [9.17, 15) is 18.0 Å². The molecule has 0 radical (unpaired) electrons. The molecule has 0 bridgehead atoms. The van der Waals surface area contributed by atoms with Gasteiger partial charge in [0.15, 0.2) is 5.78 Å². The monoisotopic (exact) mass is 343 g/mol. The lowest BCUT2D eigenvalue weighted by atomic mass is 10.1. The summed E-state index contributed by atoms with van der Waals surface area (Å²) in [6, 6.07) is 5.27. The minimum Gasteiger partial charge on any atom is -0.370 e. The molecule has 2 N–H and O–H groups in total. The Bertz CT molecular complexity index is 641. The van der Waals surface area contributed by atoms with Gasteiger partial charge in [-0.3, -0.25) is 14.1 Å². The lowest BCUT2D eigenvalue weighted by Crippen LogP contribution is -2.27. The van der Waals surface area contributed by atoms with Gasteiger partial charge in [-0.25, -0.2) is 0 Å². The molecule has 0 amide bonds. The standard InChI is InChI=1S/C15H21NO6S/c1-2-3-4-5-10-15(18)22-16-11-13(17)12-8-6-7-9-14(12)23(19,20)21/h6-9,16H,2-5,10-11H2,1H3,(H,19,20,21). The van der Waals surface area contributed by atoms with Gasteiger partial charge in [-0.2, -0.15) is 8.42 Å². The summed E-state index contributed by atoms with van der Waals surface area (Å²) >= 11 is 0. The van der Waals surface area contributed by atoms with Crippen LogP contribution in [0.3, 0.4) is 0 Å². The number of hydrogen-bond donors (Lipinski definition) is 2. The first-order valence-corrected chi connectivity index (χ1v) is 8.82. The van der Waals surface area contributed by atoms with Crippen LogP contribution >= 0.6 is 0 Å². The second kappa shape index (κ2) is 9.39. The van der Waals surface area contributed by atoms with Gasteiger partial charge < -0.3 is 4.84 Å². The van der Waals surface area contributed by atoms with E-state index in [1.807, 2.05) is 0 Å². The maximum Gasteiger partial charge on any atom is 0.324 e. The van der Waals surface area contributed by atoms with Gasteiger partial charge in [0.1, 0.15) is 4.90 Å². The summed E-state index contributed by atoms with van der Waals surface area (Å²) in [7, 11) is -4.49. The zero-order chi connectivity index (χ0) is 17.3. The zero-order valence-electron chi connectivity index (χ0n) is 12.9. The third kappa shape index (κ3) is 6.89. The van der Waals surface area contributed by atoms with Crippen molar-refractivity contribution in [3.05, 3.63) is 29.8 Å². The molecule has 1 rings (SSSR count). The van der Waals surface area contributed by atoms with E-state index in [0.717, 1.165) is 25.3 Å². The molecule has 0 aliphatic heterocycles. The molecule has 7 nitrogen and oxygen atoms in total. The van der Waals surface area contributed by atoms with Crippen molar-refractivity contribution in [1.29, 1.82) is 0 Å². The fourth-order valence-corrected chi connectivity index (χ4v) is 2.66.